The zero-order valence-electron chi connectivity index (χ0n) is 8.21. The molecule has 0 amide bonds. The molecule has 13 heavy (non-hydrogen) atoms. The van der Waals surface area contributed by atoms with Crippen LogP contribution in [0.2, 0.25) is 0 Å². The summed E-state index contributed by atoms with van der Waals surface area (Å²) in [5.41, 5.74) is 6.12. The first-order valence-electron chi connectivity index (χ1n) is 4.93. The summed E-state index contributed by atoms with van der Waals surface area (Å²) < 4.78 is 0. The van der Waals surface area contributed by atoms with Crippen LogP contribution in [0, 0.1) is 0 Å². The highest BCUT2D eigenvalue weighted by atomic mass is 16.3. The van der Waals surface area contributed by atoms with E-state index in [1.54, 1.807) is 0 Å². The molecule has 0 bridgehead atoms. The molecular formula is C10H20N2O. The van der Waals surface area contributed by atoms with E-state index >= 15 is 0 Å². The number of hydrogen-bond donors (Lipinski definition) is 2. The van der Waals surface area contributed by atoms with Gasteiger partial charge in [-0.25, -0.2) is 0 Å². The molecule has 0 aliphatic heterocycles. The summed E-state index contributed by atoms with van der Waals surface area (Å²) in [6, 6.07) is 0. The van der Waals surface area contributed by atoms with Crippen LogP contribution in [0.4, 0.5) is 0 Å². The Balaban J connectivity index is 2.31. The molecule has 3 nitrogen and oxygen atoms in total. The molecule has 1 saturated carbocycles. The Labute approximate surface area is 80.2 Å². The molecular weight excluding hydrogens is 164 g/mol. The molecule has 1 aliphatic carbocycles. The maximum absolute atomic E-state index is 8.83. The van der Waals surface area contributed by atoms with Crippen molar-refractivity contribution in [1.29, 1.82) is 0 Å². The van der Waals surface area contributed by atoms with Crippen LogP contribution in [0.3, 0.4) is 0 Å². The molecule has 0 saturated heterocycles. The van der Waals surface area contributed by atoms with E-state index in [1.165, 1.54) is 6.42 Å². The second-order valence-corrected chi connectivity index (χ2v) is 3.96. The Morgan fingerprint density at radius 3 is 2.62 bits per heavy atom. The van der Waals surface area contributed by atoms with Crippen LogP contribution in [0.1, 0.15) is 19.3 Å². The zero-order chi connectivity index (χ0) is 9.73. The number of nitrogens with two attached hydrogens (primary N) is 1. The second-order valence-electron chi connectivity index (χ2n) is 3.96. The largest absolute Gasteiger partial charge is 0.395 e. The molecule has 3 heteroatoms. The molecule has 0 atom stereocenters. The zero-order valence-corrected chi connectivity index (χ0v) is 8.21. The molecule has 0 spiro atoms. The van der Waals surface area contributed by atoms with E-state index in [-0.39, 0.29) is 12.1 Å². The van der Waals surface area contributed by atoms with Crippen LogP contribution in [0.5, 0.6) is 0 Å². The highest BCUT2D eigenvalue weighted by molar-refractivity contribution is 4.95. The lowest BCUT2D eigenvalue weighted by atomic mass is 9.77. The van der Waals surface area contributed by atoms with E-state index in [9.17, 15) is 0 Å². The van der Waals surface area contributed by atoms with Crippen LogP contribution in [-0.2, 0) is 0 Å². The molecule has 0 aromatic heterocycles. The van der Waals surface area contributed by atoms with Gasteiger partial charge in [0, 0.05) is 25.2 Å². The minimum atomic E-state index is 0.0121. The van der Waals surface area contributed by atoms with Gasteiger partial charge in [-0.05, 0) is 19.3 Å². The fourth-order valence-electron chi connectivity index (χ4n) is 1.79. The topological polar surface area (TPSA) is 49.5 Å². The first kappa shape index (κ1) is 10.7. The lowest BCUT2D eigenvalue weighted by Crippen LogP contribution is -2.55. The lowest BCUT2D eigenvalue weighted by molar-refractivity contribution is 0.133. The van der Waals surface area contributed by atoms with Crippen LogP contribution in [0.15, 0.2) is 12.7 Å². The average molecular weight is 184 g/mol. The number of rotatable bonds is 6. The highest BCUT2D eigenvalue weighted by Gasteiger charge is 2.33. The van der Waals surface area contributed by atoms with Crippen molar-refractivity contribution in [2.75, 3.05) is 26.2 Å². The normalized spacial score (nSPS) is 19.9. The Kier molecular flexibility index (Phi) is 3.90. The van der Waals surface area contributed by atoms with Crippen molar-refractivity contribution >= 4 is 0 Å². The van der Waals surface area contributed by atoms with Gasteiger partial charge < -0.3 is 10.8 Å². The quantitative estimate of drug-likeness (QED) is 0.586. The molecule has 76 valence electrons. The van der Waals surface area contributed by atoms with Gasteiger partial charge in [-0.1, -0.05) is 6.08 Å². The Bertz CT molecular complexity index is 166. The van der Waals surface area contributed by atoms with Gasteiger partial charge in [-0.3, -0.25) is 4.90 Å². The third kappa shape index (κ3) is 3.10. The van der Waals surface area contributed by atoms with E-state index in [0.29, 0.717) is 6.54 Å². The smallest absolute Gasteiger partial charge is 0.0558 e. The lowest BCUT2D eigenvalue weighted by Gasteiger charge is -2.41. The van der Waals surface area contributed by atoms with E-state index in [0.717, 1.165) is 25.9 Å². The van der Waals surface area contributed by atoms with Crippen molar-refractivity contribution in [1.82, 2.24) is 4.90 Å². The number of aliphatic hydroxyl groups excluding tert-OH is 1. The van der Waals surface area contributed by atoms with E-state index in [2.05, 4.69) is 11.5 Å². The van der Waals surface area contributed by atoms with Crippen LogP contribution < -0.4 is 5.73 Å². The van der Waals surface area contributed by atoms with Gasteiger partial charge in [0.1, 0.15) is 0 Å². The summed E-state index contributed by atoms with van der Waals surface area (Å²) in [5, 5.41) is 8.83. The molecule has 0 aromatic carbocycles. The van der Waals surface area contributed by atoms with Gasteiger partial charge in [0.25, 0.3) is 0 Å². The highest BCUT2D eigenvalue weighted by Crippen LogP contribution is 2.29. The van der Waals surface area contributed by atoms with Crippen molar-refractivity contribution in [3.8, 4) is 0 Å². The number of aliphatic hydroxyl groups is 1. The molecule has 0 heterocycles. The van der Waals surface area contributed by atoms with Crippen molar-refractivity contribution in [2.45, 2.75) is 24.8 Å². The van der Waals surface area contributed by atoms with E-state index in [1.807, 2.05) is 6.08 Å². The van der Waals surface area contributed by atoms with Crippen molar-refractivity contribution in [2.24, 2.45) is 5.73 Å². The summed E-state index contributed by atoms with van der Waals surface area (Å²) in [5.74, 6) is 0. The first-order chi connectivity index (χ1) is 6.20. The Morgan fingerprint density at radius 1 is 1.54 bits per heavy atom. The van der Waals surface area contributed by atoms with E-state index < -0.39 is 0 Å². The molecule has 1 fully saturated rings. The molecule has 1 aliphatic rings. The SMILES string of the molecule is C=CCN(CCO)CC1(N)CCC1. The van der Waals surface area contributed by atoms with Crippen LogP contribution >= 0.6 is 0 Å². The van der Waals surface area contributed by atoms with Gasteiger partial charge in [-0.2, -0.15) is 0 Å². The van der Waals surface area contributed by atoms with Gasteiger partial charge in [0.05, 0.1) is 6.61 Å². The van der Waals surface area contributed by atoms with Gasteiger partial charge in [0.15, 0.2) is 0 Å². The molecule has 0 unspecified atom stereocenters. The minimum absolute atomic E-state index is 0.0121. The van der Waals surface area contributed by atoms with Crippen LogP contribution in [0.25, 0.3) is 0 Å². The maximum Gasteiger partial charge on any atom is 0.0558 e. The maximum atomic E-state index is 8.83. The molecule has 0 radical (unpaired) electrons. The summed E-state index contributed by atoms with van der Waals surface area (Å²) >= 11 is 0. The molecule has 1 rings (SSSR count). The molecule has 3 N–H and O–H groups in total. The van der Waals surface area contributed by atoms with E-state index in [4.69, 9.17) is 10.8 Å². The predicted octanol–water partition coefficient (Wildman–Crippen LogP) is 0.348. The summed E-state index contributed by atoms with van der Waals surface area (Å²) in [7, 11) is 0. The monoisotopic (exact) mass is 184 g/mol. The third-order valence-electron chi connectivity index (χ3n) is 2.69. The minimum Gasteiger partial charge on any atom is -0.395 e. The number of hydrogen-bond acceptors (Lipinski definition) is 3. The summed E-state index contributed by atoms with van der Waals surface area (Å²) in [6.45, 7) is 6.30. The first-order valence-corrected chi connectivity index (χ1v) is 4.93. The van der Waals surface area contributed by atoms with Gasteiger partial charge in [-0.15, -0.1) is 6.58 Å². The van der Waals surface area contributed by atoms with Gasteiger partial charge in [0.2, 0.25) is 0 Å². The fraction of sp³-hybridized carbons (Fsp3) is 0.800. The number of nitrogens with zero attached hydrogens (tertiary/aromatic N) is 1. The van der Waals surface area contributed by atoms with Crippen molar-refractivity contribution < 1.29 is 5.11 Å². The summed E-state index contributed by atoms with van der Waals surface area (Å²) in [6.07, 6.45) is 5.34. The third-order valence-corrected chi connectivity index (χ3v) is 2.69. The predicted molar refractivity (Wildman–Crippen MR) is 54.5 cm³/mol. The Morgan fingerprint density at radius 2 is 2.23 bits per heavy atom. The Hall–Kier alpha value is -0.380. The average Bonchev–Trinajstić information content (AvgIpc) is 2.02. The standard InChI is InChI=1S/C10H20N2O/c1-2-6-12(7-8-13)9-10(11)4-3-5-10/h2,13H,1,3-9,11H2. The van der Waals surface area contributed by atoms with Gasteiger partial charge >= 0.3 is 0 Å². The summed E-state index contributed by atoms with van der Waals surface area (Å²) in [4.78, 5) is 2.16. The van der Waals surface area contributed by atoms with Crippen molar-refractivity contribution in [3.05, 3.63) is 12.7 Å². The molecule has 0 aromatic rings. The van der Waals surface area contributed by atoms with Crippen molar-refractivity contribution in [3.63, 3.8) is 0 Å². The second kappa shape index (κ2) is 4.74. The fourth-order valence-corrected chi connectivity index (χ4v) is 1.79. The van der Waals surface area contributed by atoms with Crippen LogP contribution in [-0.4, -0.2) is 41.8 Å².